The van der Waals surface area contributed by atoms with Crippen molar-refractivity contribution in [2.24, 2.45) is 5.73 Å². The molecule has 2 aromatic carbocycles. The van der Waals surface area contributed by atoms with Gasteiger partial charge in [-0.25, -0.2) is 4.39 Å². The summed E-state index contributed by atoms with van der Waals surface area (Å²) in [5.74, 6) is -0.239. The van der Waals surface area contributed by atoms with E-state index in [0.717, 1.165) is 40.9 Å². The van der Waals surface area contributed by atoms with E-state index < -0.39 is 0 Å². The molecule has 2 aromatic heterocycles. The lowest BCUT2D eigenvalue weighted by Gasteiger charge is -2.10. The SMILES string of the molecule is NCc1c(-c2ccncc2)c(-c2ccc(F)cc2)cn1CCc1ccccc1. The molecule has 0 aliphatic heterocycles. The number of pyridine rings is 1. The summed E-state index contributed by atoms with van der Waals surface area (Å²) in [5.41, 5.74) is 12.7. The predicted octanol–water partition coefficient (Wildman–Crippen LogP) is 5.06. The van der Waals surface area contributed by atoms with Crippen molar-refractivity contribution in [3.05, 3.63) is 102 Å². The molecule has 4 aromatic rings. The second kappa shape index (κ2) is 8.19. The molecule has 0 aliphatic carbocycles. The largest absolute Gasteiger partial charge is 0.349 e. The Balaban J connectivity index is 1.79. The fourth-order valence-corrected chi connectivity index (χ4v) is 3.60. The second-order valence-corrected chi connectivity index (χ2v) is 6.74. The molecule has 4 rings (SSSR count). The van der Waals surface area contributed by atoms with Crippen LogP contribution in [0.5, 0.6) is 0 Å². The molecule has 0 atom stereocenters. The van der Waals surface area contributed by atoms with Gasteiger partial charge in [-0.15, -0.1) is 0 Å². The van der Waals surface area contributed by atoms with E-state index in [1.807, 2.05) is 30.3 Å². The summed E-state index contributed by atoms with van der Waals surface area (Å²) >= 11 is 0. The van der Waals surface area contributed by atoms with Crippen LogP contribution < -0.4 is 5.73 Å². The lowest BCUT2D eigenvalue weighted by atomic mass is 9.97. The first-order chi connectivity index (χ1) is 13.8. The molecule has 0 unspecified atom stereocenters. The van der Waals surface area contributed by atoms with Gasteiger partial charge in [-0.05, 0) is 47.4 Å². The van der Waals surface area contributed by atoms with Crippen LogP contribution in [0.4, 0.5) is 4.39 Å². The molecule has 4 heteroatoms. The third kappa shape index (κ3) is 3.73. The molecular weight excluding hydrogens is 349 g/mol. The van der Waals surface area contributed by atoms with E-state index in [2.05, 4.69) is 40.0 Å². The van der Waals surface area contributed by atoms with Crippen LogP contribution in [0.3, 0.4) is 0 Å². The van der Waals surface area contributed by atoms with Crippen LogP contribution in [0, 0.1) is 5.82 Å². The molecule has 0 saturated heterocycles. The minimum atomic E-state index is -0.239. The molecule has 0 radical (unpaired) electrons. The molecule has 2 heterocycles. The van der Waals surface area contributed by atoms with Crippen molar-refractivity contribution in [2.45, 2.75) is 19.5 Å². The molecule has 140 valence electrons. The summed E-state index contributed by atoms with van der Waals surface area (Å²) in [5, 5.41) is 0. The molecule has 0 spiro atoms. The lowest BCUT2D eigenvalue weighted by Crippen LogP contribution is -2.09. The number of aromatic nitrogens is 2. The standard InChI is InChI=1S/C24H22FN3/c25-21-8-6-19(7-9-21)22-17-28(15-12-18-4-2-1-3-5-18)23(16-26)24(22)20-10-13-27-14-11-20/h1-11,13-14,17H,12,15-16,26H2. The molecule has 0 saturated carbocycles. The van der Waals surface area contributed by atoms with Crippen molar-refractivity contribution in [3.8, 4) is 22.3 Å². The third-order valence-electron chi connectivity index (χ3n) is 4.99. The van der Waals surface area contributed by atoms with Crippen molar-refractivity contribution in [3.63, 3.8) is 0 Å². The van der Waals surface area contributed by atoms with E-state index in [9.17, 15) is 4.39 Å². The zero-order valence-corrected chi connectivity index (χ0v) is 15.6. The maximum absolute atomic E-state index is 13.5. The molecule has 0 bridgehead atoms. The Hall–Kier alpha value is -3.24. The third-order valence-corrected chi connectivity index (χ3v) is 4.99. The highest BCUT2D eigenvalue weighted by molar-refractivity contribution is 5.85. The normalized spacial score (nSPS) is 10.9. The van der Waals surface area contributed by atoms with Crippen LogP contribution in [0.25, 0.3) is 22.3 Å². The first-order valence-corrected chi connectivity index (χ1v) is 9.38. The number of benzene rings is 2. The molecule has 3 nitrogen and oxygen atoms in total. The summed E-state index contributed by atoms with van der Waals surface area (Å²) in [7, 11) is 0. The summed E-state index contributed by atoms with van der Waals surface area (Å²) in [4.78, 5) is 4.14. The molecule has 28 heavy (non-hydrogen) atoms. The highest BCUT2D eigenvalue weighted by atomic mass is 19.1. The fourth-order valence-electron chi connectivity index (χ4n) is 3.60. The minimum absolute atomic E-state index is 0.239. The van der Waals surface area contributed by atoms with Crippen molar-refractivity contribution < 1.29 is 4.39 Å². The number of nitrogens with two attached hydrogens (primary N) is 1. The van der Waals surface area contributed by atoms with Gasteiger partial charge >= 0.3 is 0 Å². The smallest absolute Gasteiger partial charge is 0.123 e. The Labute approximate surface area is 164 Å². The van der Waals surface area contributed by atoms with Gasteiger partial charge in [0.1, 0.15) is 5.82 Å². The Morgan fingerprint density at radius 1 is 0.857 bits per heavy atom. The Morgan fingerprint density at radius 3 is 2.25 bits per heavy atom. The average molecular weight is 371 g/mol. The van der Waals surface area contributed by atoms with Gasteiger partial charge in [0.25, 0.3) is 0 Å². The summed E-state index contributed by atoms with van der Waals surface area (Å²) in [6.07, 6.45) is 6.62. The van der Waals surface area contributed by atoms with Crippen LogP contribution in [-0.4, -0.2) is 9.55 Å². The van der Waals surface area contributed by atoms with Gasteiger partial charge in [0.05, 0.1) is 0 Å². The van der Waals surface area contributed by atoms with E-state index in [4.69, 9.17) is 5.73 Å². The second-order valence-electron chi connectivity index (χ2n) is 6.74. The lowest BCUT2D eigenvalue weighted by molar-refractivity contribution is 0.628. The van der Waals surface area contributed by atoms with E-state index in [1.54, 1.807) is 12.4 Å². The van der Waals surface area contributed by atoms with Gasteiger partial charge in [0, 0.05) is 48.5 Å². The predicted molar refractivity (Wildman–Crippen MR) is 111 cm³/mol. The van der Waals surface area contributed by atoms with Gasteiger partial charge in [-0.1, -0.05) is 42.5 Å². The fraction of sp³-hybridized carbons (Fsp3) is 0.125. The first kappa shape index (κ1) is 18.1. The monoisotopic (exact) mass is 371 g/mol. The van der Waals surface area contributed by atoms with Crippen LogP contribution in [0.2, 0.25) is 0 Å². The van der Waals surface area contributed by atoms with Crippen molar-refractivity contribution >= 4 is 0 Å². The number of hydrogen-bond donors (Lipinski definition) is 1. The quantitative estimate of drug-likeness (QED) is 0.515. The van der Waals surface area contributed by atoms with Gasteiger partial charge in [-0.2, -0.15) is 0 Å². The molecule has 0 amide bonds. The maximum Gasteiger partial charge on any atom is 0.123 e. The van der Waals surface area contributed by atoms with Crippen molar-refractivity contribution in [2.75, 3.05) is 0 Å². The topological polar surface area (TPSA) is 43.8 Å². The Bertz CT molecular complexity index is 1040. The van der Waals surface area contributed by atoms with Gasteiger partial charge in [0.2, 0.25) is 0 Å². The van der Waals surface area contributed by atoms with E-state index in [0.29, 0.717) is 6.54 Å². The van der Waals surface area contributed by atoms with E-state index in [-0.39, 0.29) is 5.82 Å². The van der Waals surface area contributed by atoms with E-state index in [1.165, 1.54) is 17.7 Å². The van der Waals surface area contributed by atoms with Gasteiger partial charge < -0.3 is 10.3 Å². The highest BCUT2D eigenvalue weighted by Crippen LogP contribution is 2.36. The number of rotatable bonds is 6. The van der Waals surface area contributed by atoms with Crippen LogP contribution >= 0.6 is 0 Å². The van der Waals surface area contributed by atoms with Crippen molar-refractivity contribution in [1.82, 2.24) is 9.55 Å². The molecule has 2 N–H and O–H groups in total. The zero-order chi connectivity index (χ0) is 19.3. The van der Waals surface area contributed by atoms with E-state index >= 15 is 0 Å². The van der Waals surface area contributed by atoms with Crippen molar-refractivity contribution in [1.29, 1.82) is 0 Å². The molecular formula is C24H22FN3. The van der Waals surface area contributed by atoms with Gasteiger partial charge in [0.15, 0.2) is 0 Å². The van der Waals surface area contributed by atoms with Crippen LogP contribution in [-0.2, 0) is 19.5 Å². The first-order valence-electron chi connectivity index (χ1n) is 9.38. The Morgan fingerprint density at radius 2 is 1.57 bits per heavy atom. The summed E-state index contributed by atoms with van der Waals surface area (Å²) in [6.45, 7) is 1.25. The number of nitrogens with zero attached hydrogens (tertiary/aromatic N) is 2. The average Bonchev–Trinajstić information content (AvgIpc) is 3.12. The zero-order valence-electron chi connectivity index (χ0n) is 15.6. The Kier molecular flexibility index (Phi) is 5.31. The number of halogens is 1. The number of hydrogen-bond acceptors (Lipinski definition) is 2. The van der Waals surface area contributed by atoms with Gasteiger partial charge in [-0.3, -0.25) is 4.98 Å². The summed E-state index contributed by atoms with van der Waals surface area (Å²) in [6, 6.07) is 21.0. The molecule has 0 aliphatic rings. The van der Waals surface area contributed by atoms with Crippen LogP contribution in [0.1, 0.15) is 11.3 Å². The summed E-state index contributed by atoms with van der Waals surface area (Å²) < 4.78 is 15.7. The highest BCUT2D eigenvalue weighted by Gasteiger charge is 2.18. The number of aryl methyl sites for hydroxylation is 2. The minimum Gasteiger partial charge on any atom is -0.349 e. The maximum atomic E-state index is 13.5. The molecule has 0 fully saturated rings. The van der Waals surface area contributed by atoms with Crippen LogP contribution in [0.15, 0.2) is 85.3 Å².